The average Bonchev–Trinajstić information content (AvgIpc) is 3.55. The van der Waals surface area contributed by atoms with Gasteiger partial charge < -0.3 is 5.32 Å². The molecule has 10 nitrogen and oxygen atoms in total. The van der Waals surface area contributed by atoms with E-state index in [4.69, 9.17) is 0 Å². The highest BCUT2D eigenvalue weighted by molar-refractivity contribution is 7.13. The van der Waals surface area contributed by atoms with Crippen LogP contribution in [0.4, 0.5) is 11.5 Å². The number of nitrogens with one attached hydrogen (secondary N) is 2. The van der Waals surface area contributed by atoms with Gasteiger partial charge in [-0.25, -0.2) is 4.98 Å². The number of nitro benzene ring substituents is 1. The Morgan fingerprint density at radius 1 is 1.00 bits per heavy atom. The summed E-state index contributed by atoms with van der Waals surface area (Å²) in [5.74, 6) is -0.235. The molecule has 0 aliphatic heterocycles. The Bertz CT molecular complexity index is 1590. The van der Waals surface area contributed by atoms with E-state index in [2.05, 4.69) is 20.4 Å². The van der Waals surface area contributed by atoms with Crippen LogP contribution in [0.1, 0.15) is 10.4 Å². The first-order valence-electron chi connectivity index (χ1n) is 10.3. The summed E-state index contributed by atoms with van der Waals surface area (Å²) in [7, 11) is 0. The van der Waals surface area contributed by atoms with Gasteiger partial charge in [-0.1, -0.05) is 42.5 Å². The van der Waals surface area contributed by atoms with Gasteiger partial charge in [0.05, 0.1) is 15.5 Å². The second kappa shape index (κ2) is 9.15. The third-order valence-corrected chi connectivity index (χ3v) is 5.94. The molecule has 5 aromatic rings. The van der Waals surface area contributed by atoms with Crippen LogP contribution in [-0.4, -0.2) is 30.6 Å². The molecule has 2 aromatic carbocycles. The average molecular weight is 484 g/mol. The van der Waals surface area contributed by atoms with Gasteiger partial charge in [0.1, 0.15) is 11.5 Å². The van der Waals surface area contributed by atoms with Crippen molar-refractivity contribution in [1.29, 1.82) is 0 Å². The number of nitrogens with zero attached hydrogens (tertiary/aromatic N) is 4. The van der Waals surface area contributed by atoms with E-state index in [0.717, 1.165) is 10.4 Å². The van der Waals surface area contributed by atoms with Gasteiger partial charge in [0, 0.05) is 35.4 Å². The van der Waals surface area contributed by atoms with Crippen molar-refractivity contribution in [3.8, 4) is 27.8 Å². The summed E-state index contributed by atoms with van der Waals surface area (Å²) in [6.07, 6.45) is 0. The van der Waals surface area contributed by atoms with E-state index >= 15 is 0 Å². The summed E-state index contributed by atoms with van der Waals surface area (Å²) < 4.78 is 1.33. The molecule has 0 spiro atoms. The lowest BCUT2D eigenvalue weighted by molar-refractivity contribution is -0.384. The van der Waals surface area contributed by atoms with Gasteiger partial charge in [0.2, 0.25) is 5.95 Å². The minimum absolute atomic E-state index is 0.101. The van der Waals surface area contributed by atoms with Gasteiger partial charge >= 0.3 is 0 Å². The molecule has 2 N–H and O–H groups in total. The van der Waals surface area contributed by atoms with Crippen molar-refractivity contribution in [3.05, 3.63) is 110 Å². The first kappa shape index (κ1) is 21.9. The van der Waals surface area contributed by atoms with Gasteiger partial charge in [-0.05, 0) is 17.5 Å². The zero-order chi connectivity index (χ0) is 24.4. The Hall–Kier alpha value is -4.90. The van der Waals surface area contributed by atoms with Crippen molar-refractivity contribution < 1.29 is 9.72 Å². The molecule has 0 saturated carbocycles. The second-order valence-electron chi connectivity index (χ2n) is 7.39. The molecule has 35 heavy (non-hydrogen) atoms. The molecule has 0 atom stereocenters. The summed E-state index contributed by atoms with van der Waals surface area (Å²) in [5, 5.41) is 20.3. The number of carbonyl (C=O) groups is 1. The molecule has 0 saturated heterocycles. The SMILES string of the molecule is O=C(Nc1cc(-c2cccs2)nn1-c1nc(-c2ccccc2)cc(=O)[nH]1)c1cccc([N+](=O)[O-])c1. The Kier molecular flexibility index (Phi) is 5.73. The number of hydrogen-bond donors (Lipinski definition) is 2. The lowest BCUT2D eigenvalue weighted by atomic mass is 10.1. The Morgan fingerprint density at radius 3 is 2.57 bits per heavy atom. The van der Waals surface area contributed by atoms with Crippen LogP contribution < -0.4 is 10.9 Å². The molecule has 0 unspecified atom stereocenters. The highest BCUT2D eigenvalue weighted by Crippen LogP contribution is 2.28. The molecule has 3 aromatic heterocycles. The Morgan fingerprint density at radius 2 is 1.83 bits per heavy atom. The summed E-state index contributed by atoms with van der Waals surface area (Å²) in [4.78, 5) is 44.0. The smallest absolute Gasteiger partial charge is 0.270 e. The summed E-state index contributed by atoms with van der Waals surface area (Å²) in [6, 6.07) is 21.4. The van der Waals surface area contributed by atoms with Crippen molar-refractivity contribution in [2.45, 2.75) is 0 Å². The molecule has 11 heteroatoms. The monoisotopic (exact) mass is 484 g/mol. The Labute approximate surface area is 201 Å². The van der Waals surface area contributed by atoms with Crippen molar-refractivity contribution >= 4 is 28.7 Å². The standard InChI is InChI=1S/C24H16N6O4S/c31-22-14-18(15-6-2-1-3-7-15)25-24(27-22)29-21(13-19(28-29)20-10-5-11-35-20)26-23(32)16-8-4-9-17(12-16)30(33)34/h1-14H,(H,26,32)(H,25,27,31). The molecular weight excluding hydrogens is 468 g/mol. The van der Waals surface area contributed by atoms with Crippen molar-refractivity contribution in [2.75, 3.05) is 5.32 Å². The number of rotatable bonds is 6. The number of anilines is 1. The third kappa shape index (κ3) is 4.61. The molecule has 172 valence electrons. The van der Waals surface area contributed by atoms with E-state index in [9.17, 15) is 19.7 Å². The predicted molar refractivity (Wildman–Crippen MR) is 132 cm³/mol. The molecule has 3 heterocycles. The zero-order valence-corrected chi connectivity index (χ0v) is 18.7. The van der Waals surface area contributed by atoms with Gasteiger partial charge in [-0.2, -0.15) is 9.78 Å². The first-order chi connectivity index (χ1) is 17.0. The highest BCUT2D eigenvalue weighted by Gasteiger charge is 2.19. The molecule has 0 bridgehead atoms. The van der Waals surface area contributed by atoms with E-state index in [-0.39, 0.29) is 23.0 Å². The maximum Gasteiger partial charge on any atom is 0.270 e. The van der Waals surface area contributed by atoms with E-state index < -0.39 is 16.4 Å². The number of nitro groups is 1. The minimum Gasteiger partial charge on any atom is -0.306 e. The van der Waals surface area contributed by atoms with Crippen LogP contribution in [0.25, 0.3) is 27.8 Å². The maximum atomic E-state index is 13.0. The first-order valence-corrected chi connectivity index (χ1v) is 11.2. The third-order valence-electron chi connectivity index (χ3n) is 5.04. The van der Waals surface area contributed by atoms with Gasteiger partial charge in [0.25, 0.3) is 17.2 Å². The van der Waals surface area contributed by atoms with Crippen LogP contribution >= 0.6 is 11.3 Å². The van der Waals surface area contributed by atoms with Crippen LogP contribution in [0.2, 0.25) is 0 Å². The van der Waals surface area contributed by atoms with Crippen LogP contribution in [0.5, 0.6) is 0 Å². The number of amides is 1. The van der Waals surface area contributed by atoms with E-state index in [1.165, 1.54) is 46.4 Å². The number of aromatic nitrogens is 4. The van der Waals surface area contributed by atoms with Crippen molar-refractivity contribution in [3.63, 3.8) is 0 Å². The highest BCUT2D eigenvalue weighted by atomic mass is 32.1. The number of H-pyrrole nitrogens is 1. The topological polar surface area (TPSA) is 136 Å². The second-order valence-corrected chi connectivity index (χ2v) is 8.33. The van der Waals surface area contributed by atoms with Gasteiger partial charge in [-0.3, -0.25) is 24.7 Å². The lowest BCUT2D eigenvalue weighted by Gasteiger charge is -2.09. The minimum atomic E-state index is -0.575. The Balaban J connectivity index is 1.59. The van der Waals surface area contributed by atoms with Crippen molar-refractivity contribution in [2.24, 2.45) is 0 Å². The molecule has 0 fully saturated rings. The van der Waals surface area contributed by atoms with E-state index in [1.54, 1.807) is 6.07 Å². The predicted octanol–water partition coefficient (Wildman–Crippen LogP) is 4.51. The normalized spacial score (nSPS) is 10.7. The number of hydrogen-bond acceptors (Lipinski definition) is 7. The van der Waals surface area contributed by atoms with Crippen LogP contribution in [0.3, 0.4) is 0 Å². The number of non-ortho nitro benzene ring substituents is 1. The lowest BCUT2D eigenvalue weighted by Crippen LogP contribution is -2.19. The molecule has 0 aliphatic rings. The fourth-order valence-electron chi connectivity index (χ4n) is 3.43. The molecular formula is C24H16N6O4S. The molecule has 5 rings (SSSR count). The van der Waals surface area contributed by atoms with E-state index in [0.29, 0.717) is 11.4 Å². The number of carbonyl (C=O) groups excluding carboxylic acids is 1. The van der Waals surface area contributed by atoms with Gasteiger partial charge in [0.15, 0.2) is 0 Å². The molecule has 1 amide bonds. The number of benzene rings is 2. The summed E-state index contributed by atoms with van der Waals surface area (Å²) in [6.45, 7) is 0. The number of aromatic amines is 1. The zero-order valence-electron chi connectivity index (χ0n) is 17.9. The van der Waals surface area contributed by atoms with Crippen molar-refractivity contribution in [1.82, 2.24) is 19.7 Å². The van der Waals surface area contributed by atoms with Crippen LogP contribution in [0.15, 0.2) is 89.0 Å². The molecule has 0 radical (unpaired) electrons. The van der Waals surface area contributed by atoms with Gasteiger partial charge in [-0.15, -0.1) is 11.3 Å². The quantitative estimate of drug-likeness (QED) is 0.269. The van der Waals surface area contributed by atoms with E-state index in [1.807, 2.05) is 47.8 Å². The van der Waals surface area contributed by atoms with Crippen LogP contribution in [-0.2, 0) is 0 Å². The fourth-order valence-corrected chi connectivity index (χ4v) is 4.11. The fraction of sp³-hybridized carbons (Fsp3) is 0. The van der Waals surface area contributed by atoms with Crippen LogP contribution in [0, 0.1) is 10.1 Å². The summed E-state index contributed by atoms with van der Waals surface area (Å²) in [5.41, 5.74) is 1.25. The largest absolute Gasteiger partial charge is 0.306 e. The maximum absolute atomic E-state index is 13.0. The summed E-state index contributed by atoms with van der Waals surface area (Å²) >= 11 is 1.46. The number of thiophene rings is 1. The molecule has 0 aliphatic carbocycles.